The van der Waals surface area contributed by atoms with Gasteiger partial charge >= 0.3 is 0 Å². The average molecular weight is 257 g/mol. The lowest BCUT2D eigenvalue weighted by atomic mass is 10.0. The fourth-order valence-corrected chi connectivity index (χ4v) is 3.40. The molecule has 0 radical (unpaired) electrons. The first kappa shape index (κ1) is 12.5. The number of hydrogen-bond donors (Lipinski definition) is 3. The lowest BCUT2D eigenvalue weighted by Crippen LogP contribution is -2.51. The second-order valence-electron chi connectivity index (χ2n) is 5.00. The predicted octanol–water partition coefficient (Wildman–Crippen LogP) is 0.913. The van der Waals surface area contributed by atoms with Gasteiger partial charge in [-0.15, -0.1) is 11.8 Å². The highest BCUT2D eigenvalue weighted by Gasteiger charge is 2.41. The monoisotopic (exact) mass is 257 g/mol. The molecule has 1 saturated carbocycles. The van der Waals surface area contributed by atoms with Crippen molar-refractivity contribution in [1.82, 2.24) is 5.32 Å². The fraction of sp³-hybridized carbons (Fsp3) is 0.818. The van der Waals surface area contributed by atoms with Crippen LogP contribution in [0.25, 0.3) is 0 Å². The summed E-state index contributed by atoms with van der Waals surface area (Å²) >= 11 is 1.69. The Hall–Kier alpha value is -0.910. The van der Waals surface area contributed by atoms with Crippen LogP contribution in [0.5, 0.6) is 0 Å². The van der Waals surface area contributed by atoms with E-state index in [1.807, 2.05) is 6.92 Å². The smallest absolute Gasteiger partial charge is 0.236 e. The summed E-state index contributed by atoms with van der Waals surface area (Å²) in [4.78, 5) is 12.2. The van der Waals surface area contributed by atoms with Crippen LogP contribution in [0.15, 0.2) is 5.16 Å². The molecule has 96 valence electrons. The number of thioether (sulfide) groups is 1. The van der Waals surface area contributed by atoms with Crippen molar-refractivity contribution in [2.75, 3.05) is 5.75 Å². The van der Waals surface area contributed by atoms with Gasteiger partial charge in [-0.2, -0.15) is 0 Å². The number of amidine groups is 1. The Morgan fingerprint density at radius 3 is 2.82 bits per heavy atom. The molecular weight excluding hydrogens is 238 g/mol. The van der Waals surface area contributed by atoms with Crippen molar-refractivity contribution < 1.29 is 10.0 Å². The topological polar surface area (TPSA) is 87.7 Å². The van der Waals surface area contributed by atoms with Crippen LogP contribution < -0.4 is 11.1 Å². The summed E-state index contributed by atoms with van der Waals surface area (Å²) in [6, 6.07) is -0.300. The molecular formula is C11H19N3O2S. The zero-order valence-electron chi connectivity index (χ0n) is 9.98. The van der Waals surface area contributed by atoms with Gasteiger partial charge < -0.3 is 16.3 Å². The molecule has 1 saturated heterocycles. The molecule has 0 spiro atoms. The van der Waals surface area contributed by atoms with Crippen molar-refractivity contribution in [2.45, 2.75) is 43.4 Å². The number of amides is 1. The van der Waals surface area contributed by atoms with Crippen LogP contribution in [-0.2, 0) is 4.79 Å². The highest BCUT2D eigenvalue weighted by Crippen LogP contribution is 2.39. The number of nitrogens with two attached hydrogens (primary N) is 1. The van der Waals surface area contributed by atoms with Crippen LogP contribution in [0.2, 0.25) is 0 Å². The first-order valence-electron chi connectivity index (χ1n) is 5.99. The summed E-state index contributed by atoms with van der Waals surface area (Å²) in [7, 11) is 0. The van der Waals surface area contributed by atoms with E-state index in [4.69, 9.17) is 10.9 Å². The quantitative estimate of drug-likeness (QED) is 0.302. The Balaban J connectivity index is 2.00. The van der Waals surface area contributed by atoms with Gasteiger partial charge in [0.1, 0.15) is 0 Å². The zero-order chi connectivity index (χ0) is 12.5. The third kappa shape index (κ3) is 2.68. The van der Waals surface area contributed by atoms with Crippen molar-refractivity contribution in [3.8, 4) is 0 Å². The number of rotatable bonds is 4. The largest absolute Gasteiger partial charge is 0.409 e. The van der Waals surface area contributed by atoms with Crippen molar-refractivity contribution in [1.29, 1.82) is 0 Å². The van der Waals surface area contributed by atoms with Gasteiger partial charge in [0.2, 0.25) is 5.91 Å². The lowest BCUT2D eigenvalue weighted by molar-refractivity contribution is -0.123. The summed E-state index contributed by atoms with van der Waals surface area (Å²) in [5.74, 6) is 1.50. The SMILES string of the molecule is CC1(C(=O)NC(C(N)=NO)C2CC2)CCCS1. The number of carbonyl (C=O) groups excluding carboxylic acids is 1. The normalized spacial score (nSPS) is 31.2. The minimum Gasteiger partial charge on any atom is -0.409 e. The maximum absolute atomic E-state index is 12.2. The van der Waals surface area contributed by atoms with Crippen molar-refractivity contribution in [3.05, 3.63) is 0 Å². The van der Waals surface area contributed by atoms with E-state index in [1.165, 1.54) is 0 Å². The molecule has 2 rings (SSSR count). The summed E-state index contributed by atoms with van der Waals surface area (Å²) in [6.45, 7) is 1.97. The minimum atomic E-state index is -0.344. The van der Waals surface area contributed by atoms with Crippen LogP contribution in [0.1, 0.15) is 32.6 Å². The van der Waals surface area contributed by atoms with Gasteiger partial charge in [-0.25, -0.2) is 0 Å². The molecule has 0 aromatic rings. The van der Waals surface area contributed by atoms with Crippen LogP contribution in [0.3, 0.4) is 0 Å². The first-order valence-corrected chi connectivity index (χ1v) is 6.98. The maximum Gasteiger partial charge on any atom is 0.236 e. The molecule has 2 fully saturated rings. The Morgan fingerprint density at radius 2 is 2.35 bits per heavy atom. The molecule has 17 heavy (non-hydrogen) atoms. The summed E-state index contributed by atoms with van der Waals surface area (Å²) in [5, 5.41) is 14.7. The van der Waals surface area contributed by atoms with Gasteiger partial charge in [0, 0.05) is 0 Å². The Bertz CT molecular complexity index is 336. The molecule has 4 N–H and O–H groups in total. The highest BCUT2D eigenvalue weighted by molar-refractivity contribution is 8.01. The molecule has 0 aromatic heterocycles. The first-order chi connectivity index (χ1) is 8.07. The number of carbonyl (C=O) groups is 1. The van der Waals surface area contributed by atoms with Gasteiger partial charge in [0.05, 0.1) is 10.8 Å². The van der Waals surface area contributed by atoms with E-state index >= 15 is 0 Å². The lowest BCUT2D eigenvalue weighted by Gasteiger charge is -2.25. The van der Waals surface area contributed by atoms with E-state index in [0.717, 1.165) is 31.4 Å². The van der Waals surface area contributed by atoms with Crippen LogP contribution in [0, 0.1) is 5.92 Å². The third-order valence-electron chi connectivity index (χ3n) is 3.51. The number of nitrogens with zero attached hydrogens (tertiary/aromatic N) is 1. The van der Waals surface area contributed by atoms with E-state index in [1.54, 1.807) is 11.8 Å². The second kappa shape index (κ2) is 4.76. The molecule has 1 amide bonds. The van der Waals surface area contributed by atoms with Crippen molar-refractivity contribution in [3.63, 3.8) is 0 Å². The van der Waals surface area contributed by atoms with E-state index < -0.39 is 0 Å². The molecule has 2 aliphatic rings. The summed E-state index contributed by atoms with van der Waals surface area (Å²) < 4.78 is -0.344. The van der Waals surface area contributed by atoms with Crippen LogP contribution >= 0.6 is 11.8 Å². The summed E-state index contributed by atoms with van der Waals surface area (Å²) in [6.07, 6.45) is 4.04. The van der Waals surface area contributed by atoms with E-state index in [-0.39, 0.29) is 22.5 Å². The maximum atomic E-state index is 12.2. The Kier molecular flexibility index (Phi) is 3.51. The van der Waals surface area contributed by atoms with Gasteiger partial charge in [0.15, 0.2) is 5.84 Å². The molecule has 1 aliphatic carbocycles. The van der Waals surface area contributed by atoms with Crippen LogP contribution in [-0.4, -0.2) is 33.5 Å². The van der Waals surface area contributed by atoms with Gasteiger partial charge in [-0.05, 0) is 44.3 Å². The Labute approximate surface area is 105 Å². The average Bonchev–Trinajstić information content (AvgIpc) is 3.07. The van der Waals surface area contributed by atoms with Crippen molar-refractivity contribution >= 4 is 23.5 Å². The van der Waals surface area contributed by atoms with E-state index in [2.05, 4.69) is 10.5 Å². The number of hydrogen-bond acceptors (Lipinski definition) is 4. The molecule has 6 heteroatoms. The molecule has 0 aromatic carbocycles. The standard InChI is InChI=1S/C11H19N3O2S/c1-11(5-2-6-17-11)10(15)13-8(7-3-4-7)9(12)14-16/h7-8,16H,2-6H2,1H3,(H2,12,14)(H,13,15). The molecule has 1 aliphatic heterocycles. The van der Waals surface area contributed by atoms with Gasteiger partial charge in [-0.1, -0.05) is 5.16 Å². The summed E-state index contributed by atoms with van der Waals surface area (Å²) in [5.41, 5.74) is 5.63. The molecule has 5 nitrogen and oxygen atoms in total. The molecule has 2 unspecified atom stereocenters. The van der Waals surface area contributed by atoms with Crippen LogP contribution in [0.4, 0.5) is 0 Å². The number of nitrogens with one attached hydrogen (secondary N) is 1. The molecule has 2 atom stereocenters. The zero-order valence-corrected chi connectivity index (χ0v) is 10.8. The highest BCUT2D eigenvalue weighted by atomic mass is 32.2. The fourth-order valence-electron chi connectivity index (χ4n) is 2.18. The third-order valence-corrected chi connectivity index (χ3v) is 5.03. The van der Waals surface area contributed by atoms with Gasteiger partial charge in [0.25, 0.3) is 0 Å². The van der Waals surface area contributed by atoms with Crippen molar-refractivity contribution in [2.24, 2.45) is 16.8 Å². The molecule has 0 bridgehead atoms. The van der Waals surface area contributed by atoms with Gasteiger partial charge in [-0.3, -0.25) is 4.79 Å². The molecule has 1 heterocycles. The van der Waals surface area contributed by atoms with E-state index in [9.17, 15) is 4.79 Å². The Morgan fingerprint density at radius 1 is 1.65 bits per heavy atom. The predicted molar refractivity (Wildman–Crippen MR) is 68.2 cm³/mol. The van der Waals surface area contributed by atoms with E-state index in [0.29, 0.717) is 5.92 Å². The second-order valence-corrected chi connectivity index (χ2v) is 6.59. The number of oxime groups is 1. The minimum absolute atomic E-state index is 0.0171.